The quantitative estimate of drug-likeness (QED) is 0.760. The van der Waals surface area contributed by atoms with Crippen LogP contribution in [0.2, 0.25) is 0 Å². The summed E-state index contributed by atoms with van der Waals surface area (Å²) in [5.74, 6) is 3.33. The number of amides is 1. The predicted octanol–water partition coefficient (Wildman–Crippen LogP) is 4.56. The highest BCUT2D eigenvalue weighted by atomic mass is 32.1. The molecule has 4 heteroatoms. The van der Waals surface area contributed by atoms with Crippen LogP contribution in [0.4, 0.5) is 0 Å². The number of hydrogen-bond donors (Lipinski definition) is 1. The van der Waals surface area contributed by atoms with E-state index in [0.717, 1.165) is 75.3 Å². The molecule has 1 aromatic rings. The second kappa shape index (κ2) is 7.44. The van der Waals surface area contributed by atoms with Crippen LogP contribution >= 0.6 is 12.2 Å². The van der Waals surface area contributed by atoms with Gasteiger partial charge in [0.05, 0.1) is 5.41 Å². The minimum Gasteiger partial charge on any atom is -0.349 e. The van der Waals surface area contributed by atoms with Crippen molar-refractivity contribution in [1.82, 2.24) is 10.2 Å². The summed E-state index contributed by atoms with van der Waals surface area (Å²) in [6, 6.07) is 10.8. The zero-order valence-corrected chi connectivity index (χ0v) is 17.6. The minimum atomic E-state index is -0.107. The average molecular weight is 397 g/mol. The van der Waals surface area contributed by atoms with Gasteiger partial charge >= 0.3 is 0 Å². The lowest BCUT2D eigenvalue weighted by atomic mass is 9.49. The second-order valence-electron chi connectivity index (χ2n) is 10.1. The van der Waals surface area contributed by atoms with Gasteiger partial charge in [-0.05, 0) is 99.2 Å². The van der Waals surface area contributed by atoms with Crippen molar-refractivity contribution in [2.45, 2.75) is 57.8 Å². The molecule has 0 atom stereocenters. The number of rotatable bonds is 3. The first kappa shape index (κ1) is 18.6. The van der Waals surface area contributed by atoms with Crippen LogP contribution in [0.1, 0.15) is 56.9 Å². The van der Waals surface area contributed by atoms with E-state index >= 15 is 0 Å². The van der Waals surface area contributed by atoms with E-state index in [-0.39, 0.29) is 11.3 Å². The van der Waals surface area contributed by atoms with Gasteiger partial charge in [-0.15, -0.1) is 0 Å². The lowest BCUT2D eigenvalue weighted by molar-refractivity contribution is -0.144. The molecule has 0 aromatic heterocycles. The molecule has 5 fully saturated rings. The molecule has 4 bridgehead atoms. The molecule has 1 N–H and O–H groups in total. The average Bonchev–Trinajstić information content (AvgIpc) is 2.68. The largest absolute Gasteiger partial charge is 0.349 e. The number of carbonyl (C=O) groups is 1. The number of hydrogen-bond acceptors (Lipinski definition) is 2. The van der Waals surface area contributed by atoms with Gasteiger partial charge in [0, 0.05) is 13.1 Å². The number of thiocarbonyl (C=S) groups is 1. The number of nitrogens with zero attached hydrogens (tertiary/aromatic N) is 1. The molecule has 1 aromatic carbocycles. The number of nitrogens with one attached hydrogen (secondary N) is 1. The normalized spacial score (nSPS) is 34.4. The molecule has 0 radical (unpaired) electrons. The molecule has 0 spiro atoms. The zero-order chi connectivity index (χ0) is 19.1. The van der Waals surface area contributed by atoms with Gasteiger partial charge in [0.2, 0.25) is 5.91 Å². The van der Waals surface area contributed by atoms with E-state index in [1.807, 2.05) is 0 Å². The van der Waals surface area contributed by atoms with E-state index < -0.39 is 0 Å². The van der Waals surface area contributed by atoms with Crippen molar-refractivity contribution >= 4 is 23.2 Å². The molecule has 1 aliphatic heterocycles. The first-order valence-electron chi connectivity index (χ1n) is 11.2. The lowest BCUT2D eigenvalue weighted by Crippen LogP contribution is -2.56. The Balaban J connectivity index is 1.14. The van der Waals surface area contributed by atoms with E-state index in [9.17, 15) is 4.79 Å². The fourth-order valence-corrected chi connectivity index (χ4v) is 7.26. The maximum Gasteiger partial charge on any atom is 0.232 e. The van der Waals surface area contributed by atoms with Crippen LogP contribution in [0, 0.1) is 29.1 Å². The summed E-state index contributed by atoms with van der Waals surface area (Å²) in [6.45, 7) is 1.94. The van der Waals surface area contributed by atoms with Gasteiger partial charge in [0.25, 0.3) is 0 Å². The smallest absolute Gasteiger partial charge is 0.232 e. The Morgan fingerprint density at radius 3 is 2.14 bits per heavy atom. The van der Waals surface area contributed by atoms with Crippen molar-refractivity contribution < 1.29 is 4.79 Å². The fourth-order valence-electron chi connectivity index (χ4n) is 6.99. The van der Waals surface area contributed by atoms with E-state index in [0.29, 0.717) is 5.11 Å². The minimum absolute atomic E-state index is 0.107. The third-order valence-corrected chi connectivity index (χ3v) is 8.37. The first-order valence-corrected chi connectivity index (χ1v) is 11.6. The van der Waals surface area contributed by atoms with Crippen LogP contribution in [0.3, 0.4) is 0 Å². The molecule has 4 saturated carbocycles. The molecule has 28 heavy (non-hydrogen) atoms. The monoisotopic (exact) mass is 396 g/mol. The highest BCUT2D eigenvalue weighted by Gasteiger charge is 2.54. The summed E-state index contributed by atoms with van der Waals surface area (Å²) >= 11 is 5.67. The highest BCUT2D eigenvalue weighted by molar-refractivity contribution is 7.80. The van der Waals surface area contributed by atoms with Gasteiger partial charge in [-0.3, -0.25) is 4.79 Å². The van der Waals surface area contributed by atoms with Gasteiger partial charge in [0.15, 0.2) is 5.11 Å². The SMILES string of the molecule is O=C(NC(=S)N1CCC(Cc2ccccc2)CC1)C12CC3CC(CC(C3)C1)C2. The lowest BCUT2D eigenvalue weighted by Gasteiger charge is -2.55. The van der Waals surface area contributed by atoms with Crippen molar-refractivity contribution in [1.29, 1.82) is 0 Å². The molecule has 6 rings (SSSR count). The summed E-state index contributed by atoms with van der Waals surface area (Å²) in [4.78, 5) is 15.5. The Morgan fingerprint density at radius 2 is 1.57 bits per heavy atom. The second-order valence-corrected chi connectivity index (χ2v) is 10.5. The third kappa shape index (κ3) is 3.60. The van der Waals surface area contributed by atoms with Crippen LogP contribution in [0.5, 0.6) is 0 Å². The highest BCUT2D eigenvalue weighted by Crippen LogP contribution is 2.60. The Bertz CT molecular complexity index is 703. The number of likely N-dealkylation sites (tertiary alicyclic amines) is 1. The van der Waals surface area contributed by atoms with Crippen molar-refractivity contribution in [3.05, 3.63) is 35.9 Å². The fraction of sp³-hybridized carbons (Fsp3) is 0.667. The molecular formula is C24H32N2OS. The molecule has 5 aliphatic rings. The van der Waals surface area contributed by atoms with Gasteiger partial charge in [-0.25, -0.2) is 0 Å². The maximum absolute atomic E-state index is 13.2. The number of benzene rings is 1. The molecule has 1 saturated heterocycles. The Kier molecular flexibility index (Phi) is 4.94. The molecule has 1 heterocycles. The predicted molar refractivity (Wildman–Crippen MR) is 116 cm³/mol. The molecule has 4 aliphatic carbocycles. The Morgan fingerprint density at radius 1 is 1.00 bits per heavy atom. The standard InChI is InChI=1S/C24H32N2OS/c27-22(24-14-19-11-20(15-24)13-21(12-19)16-24)25-23(28)26-8-6-18(7-9-26)10-17-4-2-1-3-5-17/h1-5,18-21H,6-16H2,(H,25,27,28). The van der Waals surface area contributed by atoms with Gasteiger partial charge < -0.3 is 10.2 Å². The van der Waals surface area contributed by atoms with E-state index in [1.54, 1.807) is 0 Å². The third-order valence-electron chi connectivity index (χ3n) is 8.01. The van der Waals surface area contributed by atoms with E-state index in [1.165, 1.54) is 24.8 Å². The summed E-state index contributed by atoms with van der Waals surface area (Å²) < 4.78 is 0. The van der Waals surface area contributed by atoms with Crippen LogP contribution in [-0.4, -0.2) is 29.0 Å². The van der Waals surface area contributed by atoms with Gasteiger partial charge in [-0.1, -0.05) is 30.3 Å². The van der Waals surface area contributed by atoms with Crippen LogP contribution in [0.15, 0.2) is 30.3 Å². The van der Waals surface area contributed by atoms with Crippen LogP contribution < -0.4 is 5.32 Å². The van der Waals surface area contributed by atoms with Crippen molar-refractivity contribution in [3.63, 3.8) is 0 Å². The summed E-state index contributed by atoms with van der Waals surface area (Å²) in [7, 11) is 0. The van der Waals surface area contributed by atoms with Crippen LogP contribution in [0.25, 0.3) is 0 Å². The zero-order valence-electron chi connectivity index (χ0n) is 16.7. The van der Waals surface area contributed by atoms with E-state index in [4.69, 9.17) is 12.2 Å². The first-order chi connectivity index (χ1) is 13.6. The van der Waals surface area contributed by atoms with Gasteiger partial charge in [0.1, 0.15) is 0 Å². The van der Waals surface area contributed by atoms with Crippen LogP contribution in [-0.2, 0) is 11.2 Å². The van der Waals surface area contributed by atoms with Crippen molar-refractivity contribution in [2.75, 3.05) is 13.1 Å². The molecule has 150 valence electrons. The van der Waals surface area contributed by atoms with E-state index in [2.05, 4.69) is 40.5 Å². The molecule has 0 unspecified atom stereocenters. The van der Waals surface area contributed by atoms with Gasteiger partial charge in [-0.2, -0.15) is 0 Å². The number of carbonyl (C=O) groups excluding carboxylic acids is 1. The Hall–Kier alpha value is -1.42. The number of piperidine rings is 1. The molecule has 3 nitrogen and oxygen atoms in total. The summed E-state index contributed by atoms with van der Waals surface area (Å²) in [5.41, 5.74) is 1.32. The summed E-state index contributed by atoms with van der Waals surface area (Å²) in [5, 5.41) is 3.87. The molecular weight excluding hydrogens is 364 g/mol. The van der Waals surface area contributed by atoms with Crippen molar-refractivity contribution in [3.8, 4) is 0 Å². The Labute approximate surface area is 174 Å². The maximum atomic E-state index is 13.2. The van der Waals surface area contributed by atoms with Crippen molar-refractivity contribution in [2.24, 2.45) is 29.1 Å². The topological polar surface area (TPSA) is 32.3 Å². The molecule has 1 amide bonds. The summed E-state index contributed by atoms with van der Waals surface area (Å²) in [6.07, 6.45) is 10.9.